The van der Waals surface area contributed by atoms with Crippen LogP contribution in [0.2, 0.25) is 0 Å². The van der Waals surface area contributed by atoms with Crippen LogP contribution in [0.3, 0.4) is 0 Å². The molecule has 0 spiro atoms. The van der Waals surface area contributed by atoms with Crippen molar-refractivity contribution in [2.24, 2.45) is 10.2 Å². The molecule has 3 heteroatoms. The molecule has 0 bridgehead atoms. The van der Waals surface area contributed by atoms with E-state index in [0.29, 0.717) is 5.69 Å². The zero-order valence-corrected chi connectivity index (χ0v) is 10.8. The van der Waals surface area contributed by atoms with Gasteiger partial charge in [-0.15, -0.1) is 10.2 Å². The molecule has 0 aliphatic carbocycles. The van der Waals surface area contributed by atoms with Crippen molar-refractivity contribution in [3.05, 3.63) is 53.1 Å². The number of hydrogen-bond acceptors (Lipinski definition) is 3. The van der Waals surface area contributed by atoms with Gasteiger partial charge in [-0.2, -0.15) is 0 Å². The van der Waals surface area contributed by atoms with Crippen LogP contribution in [0.1, 0.15) is 16.7 Å². The van der Waals surface area contributed by atoms with E-state index in [1.165, 1.54) is 0 Å². The minimum absolute atomic E-state index is 0.149. The van der Waals surface area contributed by atoms with Crippen LogP contribution in [0, 0.1) is 20.8 Å². The number of benzene rings is 2. The second-order valence-electron chi connectivity index (χ2n) is 4.43. The predicted molar refractivity (Wildman–Crippen MR) is 72.9 cm³/mol. The molecule has 0 radical (unpaired) electrons. The summed E-state index contributed by atoms with van der Waals surface area (Å²) in [6.45, 7) is 5.95. The summed E-state index contributed by atoms with van der Waals surface area (Å²) in [7, 11) is 0. The standard InChI is InChI=1S/C15H16N2O/c1-10-7-8-14(18)13(9-10)16-17-15-11(2)5-4-6-12(15)3/h4-9,18H,1-3H3. The van der Waals surface area contributed by atoms with Gasteiger partial charge in [-0.25, -0.2) is 0 Å². The second-order valence-corrected chi connectivity index (χ2v) is 4.43. The number of phenols is 1. The normalized spacial score (nSPS) is 11.1. The Labute approximate surface area is 107 Å². The van der Waals surface area contributed by atoms with Crippen LogP contribution in [-0.2, 0) is 0 Å². The van der Waals surface area contributed by atoms with Gasteiger partial charge in [0.05, 0.1) is 5.69 Å². The highest BCUT2D eigenvalue weighted by molar-refractivity contribution is 5.55. The summed E-state index contributed by atoms with van der Waals surface area (Å²) in [4.78, 5) is 0. The predicted octanol–water partition coefficient (Wildman–Crippen LogP) is 4.73. The molecule has 0 unspecified atom stereocenters. The van der Waals surface area contributed by atoms with Crippen LogP contribution >= 0.6 is 0 Å². The molecule has 0 saturated carbocycles. The minimum Gasteiger partial charge on any atom is -0.506 e. The molecule has 0 heterocycles. The van der Waals surface area contributed by atoms with E-state index in [1.807, 2.05) is 51.1 Å². The summed E-state index contributed by atoms with van der Waals surface area (Å²) in [6.07, 6.45) is 0. The molecule has 92 valence electrons. The van der Waals surface area contributed by atoms with E-state index in [2.05, 4.69) is 10.2 Å². The molecule has 2 aromatic rings. The maximum Gasteiger partial charge on any atom is 0.143 e. The van der Waals surface area contributed by atoms with Gasteiger partial charge >= 0.3 is 0 Å². The van der Waals surface area contributed by atoms with Gasteiger partial charge < -0.3 is 5.11 Å². The quantitative estimate of drug-likeness (QED) is 0.757. The van der Waals surface area contributed by atoms with E-state index in [4.69, 9.17) is 0 Å². The summed E-state index contributed by atoms with van der Waals surface area (Å²) in [5.74, 6) is 0.149. The molecule has 0 amide bonds. The number of nitrogens with zero attached hydrogens (tertiary/aromatic N) is 2. The van der Waals surface area contributed by atoms with Gasteiger partial charge in [-0.1, -0.05) is 24.3 Å². The van der Waals surface area contributed by atoms with Crippen LogP contribution in [0.25, 0.3) is 0 Å². The highest BCUT2D eigenvalue weighted by Crippen LogP contribution is 2.30. The SMILES string of the molecule is Cc1ccc(O)c(N=Nc2c(C)cccc2C)c1. The van der Waals surface area contributed by atoms with Crippen molar-refractivity contribution >= 4 is 11.4 Å². The molecule has 0 aliphatic heterocycles. The maximum absolute atomic E-state index is 9.70. The maximum atomic E-state index is 9.70. The molecule has 0 aliphatic rings. The molecule has 1 N–H and O–H groups in total. The Hall–Kier alpha value is -2.16. The zero-order valence-electron chi connectivity index (χ0n) is 10.8. The first-order valence-corrected chi connectivity index (χ1v) is 5.85. The molecule has 0 saturated heterocycles. The molecule has 0 fully saturated rings. The third kappa shape index (κ3) is 2.56. The first-order valence-electron chi connectivity index (χ1n) is 5.85. The summed E-state index contributed by atoms with van der Waals surface area (Å²) >= 11 is 0. The van der Waals surface area contributed by atoms with E-state index >= 15 is 0 Å². The fraction of sp³-hybridized carbons (Fsp3) is 0.200. The lowest BCUT2D eigenvalue weighted by Gasteiger charge is -2.03. The monoisotopic (exact) mass is 240 g/mol. The molecular weight excluding hydrogens is 224 g/mol. The van der Waals surface area contributed by atoms with Crippen LogP contribution in [0.4, 0.5) is 11.4 Å². The van der Waals surface area contributed by atoms with E-state index in [1.54, 1.807) is 6.07 Å². The Morgan fingerprint density at radius 3 is 2.22 bits per heavy atom. The Bertz CT molecular complexity index is 583. The molecule has 2 rings (SSSR count). The largest absolute Gasteiger partial charge is 0.506 e. The lowest BCUT2D eigenvalue weighted by Crippen LogP contribution is -1.78. The average Bonchev–Trinajstić information content (AvgIpc) is 2.33. The van der Waals surface area contributed by atoms with Crippen LogP contribution in [0.5, 0.6) is 5.75 Å². The van der Waals surface area contributed by atoms with Gasteiger partial charge in [0.2, 0.25) is 0 Å². The van der Waals surface area contributed by atoms with Crippen molar-refractivity contribution < 1.29 is 5.11 Å². The van der Waals surface area contributed by atoms with Gasteiger partial charge in [-0.3, -0.25) is 0 Å². The highest BCUT2D eigenvalue weighted by atomic mass is 16.3. The van der Waals surface area contributed by atoms with Crippen molar-refractivity contribution in [3.63, 3.8) is 0 Å². The fourth-order valence-electron chi connectivity index (χ4n) is 1.78. The summed E-state index contributed by atoms with van der Waals surface area (Å²) in [5.41, 5.74) is 4.55. The molecule has 2 aromatic carbocycles. The van der Waals surface area contributed by atoms with Crippen molar-refractivity contribution in [2.75, 3.05) is 0 Å². The van der Waals surface area contributed by atoms with Gasteiger partial charge in [0.15, 0.2) is 0 Å². The highest BCUT2D eigenvalue weighted by Gasteiger charge is 2.02. The van der Waals surface area contributed by atoms with Gasteiger partial charge in [0, 0.05) is 0 Å². The Kier molecular flexibility index (Phi) is 3.42. The molecular formula is C15H16N2O. The third-order valence-corrected chi connectivity index (χ3v) is 2.83. The van der Waals surface area contributed by atoms with Crippen LogP contribution < -0.4 is 0 Å². The Balaban J connectivity index is 2.39. The summed E-state index contributed by atoms with van der Waals surface area (Å²) < 4.78 is 0. The third-order valence-electron chi connectivity index (χ3n) is 2.83. The zero-order chi connectivity index (χ0) is 13.1. The number of aromatic hydroxyl groups is 1. The Morgan fingerprint density at radius 2 is 1.56 bits per heavy atom. The van der Waals surface area contributed by atoms with Gasteiger partial charge in [0.25, 0.3) is 0 Å². The molecule has 0 atom stereocenters. The number of phenolic OH excluding ortho intramolecular Hbond substituents is 1. The summed E-state index contributed by atoms with van der Waals surface area (Å²) in [6, 6.07) is 11.3. The van der Waals surface area contributed by atoms with Crippen LogP contribution in [0.15, 0.2) is 46.6 Å². The average molecular weight is 240 g/mol. The van der Waals surface area contributed by atoms with Gasteiger partial charge in [-0.05, 0) is 49.6 Å². The van der Waals surface area contributed by atoms with E-state index in [-0.39, 0.29) is 5.75 Å². The van der Waals surface area contributed by atoms with Crippen molar-refractivity contribution in [1.29, 1.82) is 0 Å². The number of azo groups is 1. The van der Waals surface area contributed by atoms with E-state index in [9.17, 15) is 5.11 Å². The van der Waals surface area contributed by atoms with Crippen molar-refractivity contribution in [3.8, 4) is 5.75 Å². The summed E-state index contributed by atoms with van der Waals surface area (Å²) in [5, 5.41) is 18.1. The topological polar surface area (TPSA) is 45.0 Å². The number of rotatable bonds is 2. The van der Waals surface area contributed by atoms with Crippen molar-refractivity contribution in [1.82, 2.24) is 0 Å². The minimum atomic E-state index is 0.149. The van der Waals surface area contributed by atoms with Crippen molar-refractivity contribution in [2.45, 2.75) is 20.8 Å². The van der Waals surface area contributed by atoms with E-state index < -0.39 is 0 Å². The molecule has 0 aromatic heterocycles. The van der Waals surface area contributed by atoms with Gasteiger partial charge in [0.1, 0.15) is 11.4 Å². The lowest BCUT2D eigenvalue weighted by molar-refractivity contribution is 0.476. The first kappa shape index (κ1) is 12.3. The fourth-order valence-corrected chi connectivity index (χ4v) is 1.78. The smallest absolute Gasteiger partial charge is 0.143 e. The second kappa shape index (κ2) is 5.00. The molecule has 3 nitrogen and oxygen atoms in total. The first-order chi connectivity index (χ1) is 8.58. The Morgan fingerprint density at radius 1 is 0.889 bits per heavy atom. The van der Waals surface area contributed by atoms with E-state index in [0.717, 1.165) is 22.4 Å². The number of aryl methyl sites for hydroxylation is 3. The lowest BCUT2D eigenvalue weighted by atomic mass is 10.1. The molecule has 18 heavy (non-hydrogen) atoms. The van der Waals surface area contributed by atoms with Crippen LogP contribution in [-0.4, -0.2) is 5.11 Å². The number of hydrogen-bond donors (Lipinski definition) is 1.